The zero-order valence-corrected chi connectivity index (χ0v) is 18.0. The van der Waals surface area contributed by atoms with Crippen molar-refractivity contribution in [1.29, 1.82) is 0 Å². The monoisotopic (exact) mass is 448 g/mol. The molecule has 2 aromatic carbocycles. The van der Waals surface area contributed by atoms with Crippen LogP contribution >= 0.6 is 0 Å². The van der Waals surface area contributed by atoms with Crippen LogP contribution in [0.15, 0.2) is 84.0 Å². The van der Waals surface area contributed by atoms with Crippen molar-refractivity contribution in [2.75, 3.05) is 0 Å². The Morgan fingerprint density at radius 1 is 0.969 bits per heavy atom. The molecule has 0 bridgehead atoms. The number of primary sulfonamides is 1. The van der Waals surface area contributed by atoms with Gasteiger partial charge in [-0.3, -0.25) is 9.67 Å². The lowest BCUT2D eigenvalue weighted by molar-refractivity contribution is 0.0461. The fraction of sp³-hybridized carbons (Fsp3) is 0.0870. The van der Waals surface area contributed by atoms with E-state index in [9.17, 15) is 13.2 Å². The normalized spacial score (nSPS) is 11.3. The van der Waals surface area contributed by atoms with Gasteiger partial charge >= 0.3 is 5.97 Å². The van der Waals surface area contributed by atoms with Crippen molar-refractivity contribution in [3.63, 3.8) is 0 Å². The van der Waals surface area contributed by atoms with Gasteiger partial charge in [0.15, 0.2) is 5.69 Å². The molecule has 2 heterocycles. The highest BCUT2D eigenvalue weighted by molar-refractivity contribution is 7.89. The summed E-state index contributed by atoms with van der Waals surface area (Å²) in [6.07, 6.45) is 3.26. The molecule has 4 rings (SSSR count). The van der Waals surface area contributed by atoms with Gasteiger partial charge in [-0.2, -0.15) is 5.10 Å². The highest BCUT2D eigenvalue weighted by Gasteiger charge is 2.26. The number of pyridine rings is 1. The number of nitrogens with two attached hydrogens (primary N) is 1. The van der Waals surface area contributed by atoms with Crippen LogP contribution in [0.5, 0.6) is 0 Å². The van der Waals surface area contributed by atoms with Crippen molar-refractivity contribution in [2.24, 2.45) is 12.2 Å². The minimum absolute atomic E-state index is 0.0243. The summed E-state index contributed by atoms with van der Waals surface area (Å²) < 4.78 is 30.3. The van der Waals surface area contributed by atoms with Crippen molar-refractivity contribution in [2.45, 2.75) is 11.5 Å². The molecule has 4 aromatic rings. The Kier molecular flexibility index (Phi) is 5.85. The minimum atomic E-state index is -3.85. The summed E-state index contributed by atoms with van der Waals surface area (Å²) in [5.74, 6) is -0.547. The first-order valence-electron chi connectivity index (χ1n) is 9.66. The third kappa shape index (κ3) is 4.43. The fourth-order valence-corrected chi connectivity index (χ4v) is 3.86. The molecule has 0 aliphatic rings. The summed E-state index contributed by atoms with van der Waals surface area (Å²) >= 11 is 0. The van der Waals surface area contributed by atoms with Crippen molar-refractivity contribution in [3.8, 4) is 22.4 Å². The first kappa shape index (κ1) is 21.4. The van der Waals surface area contributed by atoms with Crippen LogP contribution in [0.1, 0.15) is 16.1 Å². The number of carbonyl (C=O) groups is 1. The van der Waals surface area contributed by atoms with Crippen molar-refractivity contribution in [1.82, 2.24) is 14.8 Å². The van der Waals surface area contributed by atoms with E-state index >= 15 is 0 Å². The zero-order valence-electron chi connectivity index (χ0n) is 17.2. The summed E-state index contributed by atoms with van der Waals surface area (Å²) in [7, 11) is -2.19. The van der Waals surface area contributed by atoms with E-state index in [0.29, 0.717) is 16.8 Å². The molecule has 0 unspecified atom stereocenters. The molecule has 32 heavy (non-hydrogen) atoms. The van der Waals surface area contributed by atoms with Gasteiger partial charge < -0.3 is 4.74 Å². The third-order valence-corrected chi connectivity index (χ3v) is 5.81. The average Bonchev–Trinajstić information content (AvgIpc) is 3.15. The van der Waals surface area contributed by atoms with Gasteiger partial charge in [-0.25, -0.2) is 18.4 Å². The van der Waals surface area contributed by atoms with Crippen molar-refractivity contribution >= 4 is 16.0 Å². The summed E-state index contributed by atoms with van der Waals surface area (Å²) in [6.45, 7) is 0.110. The van der Waals surface area contributed by atoms with Gasteiger partial charge in [0, 0.05) is 30.6 Å². The second-order valence-corrected chi connectivity index (χ2v) is 8.62. The van der Waals surface area contributed by atoms with Gasteiger partial charge in [-0.1, -0.05) is 42.5 Å². The SMILES string of the molecule is Cn1nc(-c2ccncc2)c(-c2ccc(S(N)(=O)=O)cc2)c1C(=O)OCc1ccccc1. The lowest BCUT2D eigenvalue weighted by Crippen LogP contribution is -2.12. The number of benzene rings is 2. The lowest BCUT2D eigenvalue weighted by Gasteiger charge is -2.09. The number of carbonyl (C=O) groups excluding carboxylic acids is 1. The second kappa shape index (κ2) is 8.74. The Labute approximate surface area is 185 Å². The van der Waals surface area contributed by atoms with E-state index in [1.165, 1.54) is 16.8 Å². The number of aromatic nitrogens is 3. The van der Waals surface area contributed by atoms with Crippen molar-refractivity contribution in [3.05, 3.63) is 90.4 Å². The van der Waals surface area contributed by atoms with Gasteiger partial charge in [0.05, 0.1) is 4.90 Å². The van der Waals surface area contributed by atoms with E-state index in [2.05, 4.69) is 10.1 Å². The molecule has 0 spiro atoms. The summed E-state index contributed by atoms with van der Waals surface area (Å²) in [4.78, 5) is 17.1. The number of ether oxygens (including phenoxy) is 1. The highest BCUT2D eigenvalue weighted by atomic mass is 32.2. The number of rotatable bonds is 6. The summed E-state index contributed by atoms with van der Waals surface area (Å²) in [6, 6.07) is 18.9. The molecule has 0 fully saturated rings. The van der Waals surface area contributed by atoms with Gasteiger partial charge in [-0.15, -0.1) is 0 Å². The highest BCUT2D eigenvalue weighted by Crippen LogP contribution is 2.35. The van der Waals surface area contributed by atoms with E-state index in [-0.39, 0.29) is 17.2 Å². The Hall–Kier alpha value is -3.82. The van der Waals surface area contributed by atoms with E-state index in [4.69, 9.17) is 9.88 Å². The molecular weight excluding hydrogens is 428 g/mol. The minimum Gasteiger partial charge on any atom is -0.456 e. The Morgan fingerprint density at radius 2 is 1.62 bits per heavy atom. The van der Waals surface area contributed by atoms with Crippen molar-refractivity contribution < 1.29 is 17.9 Å². The molecule has 0 saturated carbocycles. The molecule has 2 aromatic heterocycles. The maximum Gasteiger partial charge on any atom is 0.357 e. The quantitative estimate of drug-likeness (QED) is 0.453. The van der Waals surface area contributed by atoms with Crippen LogP contribution in [0.3, 0.4) is 0 Å². The van der Waals surface area contributed by atoms with Crippen LogP contribution in [0.2, 0.25) is 0 Å². The molecule has 162 valence electrons. The molecule has 0 radical (unpaired) electrons. The number of hydrogen-bond donors (Lipinski definition) is 1. The lowest BCUT2D eigenvalue weighted by atomic mass is 9.99. The average molecular weight is 449 g/mol. The zero-order chi connectivity index (χ0) is 22.7. The third-order valence-electron chi connectivity index (χ3n) is 4.88. The Morgan fingerprint density at radius 3 is 2.25 bits per heavy atom. The van der Waals surface area contributed by atoms with E-state index < -0.39 is 16.0 Å². The number of sulfonamides is 1. The molecule has 2 N–H and O–H groups in total. The Bertz CT molecular complexity index is 1350. The van der Waals surface area contributed by atoms with Gasteiger partial charge in [0.1, 0.15) is 12.3 Å². The predicted molar refractivity (Wildman–Crippen MR) is 119 cm³/mol. The number of esters is 1. The van der Waals surface area contributed by atoms with E-state index in [0.717, 1.165) is 11.1 Å². The van der Waals surface area contributed by atoms with Gasteiger partial charge in [0.2, 0.25) is 10.0 Å². The van der Waals surface area contributed by atoms with E-state index in [1.807, 2.05) is 30.3 Å². The molecule has 0 amide bonds. The van der Waals surface area contributed by atoms with Crippen LogP contribution in [0.4, 0.5) is 0 Å². The van der Waals surface area contributed by atoms with Gasteiger partial charge in [-0.05, 0) is 35.4 Å². The number of nitrogens with zero attached hydrogens (tertiary/aromatic N) is 3. The molecule has 0 aliphatic carbocycles. The number of aryl methyl sites for hydroxylation is 1. The maximum absolute atomic E-state index is 13.1. The first-order valence-corrected chi connectivity index (χ1v) is 11.2. The summed E-state index contributed by atoms with van der Waals surface area (Å²) in [5.41, 5.74) is 3.53. The van der Waals surface area contributed by atoms with Crippen LogP contribution in [-0.2, 0) is 28.4 Å². The van der Waals surface area contributed by atoms with E-state index in [1.54, 1.807) is 43.7 Å². The predicted octanol–water partition coefficient (Wildman–Crippen LogP) is 3.15. The van der Waals surface area contributed by atoms with Crippen LogP contribution in [0, 0.1) is 0 Å². The molecule has 0 atom stereocenters. The molecule has 8 nitrogen and oxygen atoms in total. The topological polar surface area (TPSA) is 117 Å². The standard InChI is InChI=1S/C23H20N4O4S/c1-27-22(23(28)31-15-16-5-3-2-4-6-16)20(21(26-27)18-11-13-25-14-12-18)17-7-9-19(10-8-17)32(24,29)30/h2-14H,15H2,1H3,(H2,24,29,30). The van der Waals surface area contributed by atoms with Crippen LogP contribution in [0.25, 0.3) is 22.4 Å². The summed E-state index contributed by atoms with van der Waals surface area (Å²) in [5, 5.41) is 9.77. The maximum atomic E-state index is 13.1. The molecule has 0 saturated heterocycles. The number of hydrogen-bond acceptors (Lipinski definition) is 6. The second-order valence-electron chi connectivity index (χ2n) is 7.06. The molecular formula is C23H20N4O4S. The molecule has 0 aliphatic heterocycles. The van der Waals surface area contributed by atoms with Crippen LogP contribution in [-0.4, -0.2) is 29.2 Å². The molecule has 9 heteroatoms. The fourth-order valence-electron chi connectivity index (χ4n) is 3.35. The smallest absolute Gasteiger partial charge is 0.357 e. The van der Waals surface area contributed by atoms with Gasteiger partial charge in [0.25, 0.3) is 0 Å². The largest absolute Gasteiger partial charge is 0.456 e. The van der Waals surface area contributed by atoms with Crippen LogP contribution < -0.4 is 5.14 Å². The first-order chi connectivity index (χ1) is 15.3. The Balaban J connectivity index is 1.79.